The van der Waals surface area contributed by atoms with Gasteiger partial charge in [0.2, 0.25) is 0 Å². The lowest BCUT2D eigenvalue weighted by molar-refractivity contribution is -0.125. The summed E-state index contributed by atoms with van der Waals surface area (Å²) in [6, 6.07) is 7.50. The van der Waals surface area contributed by atoms with E-state index in [-0.39, 0.29) is 18.6 Å². The minimum atomic E-state index is -0.462. The first kappa shape index (κ1) is 20.3. The SMILES string of the molecule is CCN(CC)c1ccc(C(=O)OCC(=O)N[C@@H]2CCC[C@H](C)[C@@H]2C)cc1. The molecule has 1 aromatic rings. The molecule has 0 aliphatic heterocycles. The standard InChI is InChI=1S/C21H32N2O3/c1-5-23(6-2)18-12-10-17(11-13-18)21(25)26-14-20(24)22-19-9-7-8-15(3)16(19)4/h10-13,15-16,19H,5-9,14H2,1-4H3,(H,22,24)/t15-,16-,19+/m0/s1. The molecule has 2 rings (SSSR count). The third-order valence-electron chi connectivity index (χ3n) is 5.62. The molecule has 5 heteroatoms. The number of carbonyl (C=O) groups excluding carboxylic acids is 2. The molecule has 1 N–H and O–H groups in total. The second kappa shape index (κ2) is 9.60. The summed E-state index contributed by atoms with van der Waals surface area (Å²) in [5.41, 5.74) is 1.54. The van der Waals surface area contributed by atoms with Gasteiger partial charge in [-0.15, -0.1) is 0 Å². The van der Waals surface area contributed by atoms with Gasteiger partial charge in [0.15, 0.2) is 6.61 Å². The van der Waals surface area contributed by atoms with Crippen LogP contribution in [0.4, 0.5) is 5.69 Å². The van der Waals surface area contributed by atoms with Gasteiger partial charge < -0.3 is 15.0 Å². The van der Waals surface area contributed by atoms with Crippen molar-refractivity contribution in [3.05, 3.63) is 29.8 Å². The van der Waals surface area contributed by atoms with Crippen molar-refractivity contribution in [2.45, 2.75) is 53.0 Å². The number of nitrogens with one attached hydrogen (secondary N) is 1. The van der Waals surface area contributed by atoms with Gasteiger partial charge in [-0.05, 0) is 56.4 Å². The average molecular weight is 360 g/mol. The van der Waals surface area contributed by atoms with E-state index in [0.717, 1.165) is 31.6 Å². The predicted molar refractivity (Wildman–Crippen MR) is 104 cm³/mol. The fourth-order valence-electron chi connectivity index (χ4n) is 3.65. The molecular formula is C21H32N2O3. The highest BCUT2D eigenvalue weighted by molar-refractivity contribution is 5.91. The number of carbonyl (C=O) groups is 2. The topological polar surface area (TPSA) is 58.6 Å². The van der Waals surface area contributed by atoms with Crippen LogP contribution in [0.5, 0.6) is 0 Å². The van der Waals surface area contributed by atoms with Crippen molar-refractivity contribution < 1.29 is 14.3 Å². The number of amides is 1. The van der Waals surface area contributed by atoms with Crippen molar-refractivity contribution in [2.75, 3.05) is 24.6 Å². The summed E-state index contributed by atoms with van der Waals surface area (Å²) in [7, 11) is 0. The summed E-state index contributed by atoms with van der Waals surface area (Å²) in [6.45, 7) is 10.2. The Labute approximate surface area is 157 Å². The molecule has 1 fully saturated rings. The Balaban J connectivity index is 1.83. The van der Waals surface area contributed by atoms with Crippen LogP contribution in [-0.4, -0.2) is 37.6 Å². The lowest BCUT2D eigenvalue weighted by atomic mass is 9.78. The van der Waals surface area contributed by atoms with Gasteiger partial charge in [0, 0.05) is 24.8 Å². The van der Waals surface area contributed by atoms with E-state index in [1.165, 1.54) is 6.42 Å². The molecule has 144 valence electrons. The van der Waals surface area contributed by atoms with Crippen LogP contribution in [0.3, 0.4) is 0 Å². The van der Waals surface area contributed by atoms with Crippen LogP contribution in [0, 0.1) is 11.8 Å². The van der Waals surface area contributed by atoms with Gasteiger partial charge in [0.1, 0.15) is 0 Å². The number of rotatable bonds is 7. The summed E-state index contributed by atoms with van der Waals surface area (Å²) in [5, 5.41) is 3.02. The van der Waals surface area contributed by atoms with E-state index >= 15 is 0 Å². The van der Waals surface area contributed by atoms with Crippen LogP contribution in [0.25, 0.3) is 0 Å². The second-order valence-electron chi connectivity index (χ2n) is 7.24. The summed E-state index contributed by atoms with van der Waals surface area (Å²) in [4.78, 5) is 26.5. The van der Waals surface area contributed by atoms with Crippen LogP contribution in [0.15, 0.2) is 24.3 Å². The van der Waals surface area contributed by atoms with Crippen molar-refractivity contribution in [3.8, 4) is 0 Å². The zero-order valence-corrected chi connectivity index (χ0v) is 16.5. The minimum absolute atomic E-state index is 0.179. The molecule has 0 spiro atoms. The van der Waals surface area contributed by atoms with Crippen LogP contribution < -0.4 is 10.2 Å². The van der Waals surface area contributed by atoms with E-state index in [1.807, 2.05) is 12.1 Å². The zero-order valence-electron chi connectivity index (χ0n) is 16.5. The summed E-state index contributed by atoms with van der Waals surface area (Å²) < 4.78 is 5.18. The Hall–Kier alpha value is -2.04. The van der Waals surface area contributed by atoms with Crippen molar-refractivity contribution in [2.24, 2.45) is 11.8 Å². The fraction of sp³-hybridized carbons (Fsp3) is 0.619. The zero-order chi connectivity index (χ0) is 19.1. The minimum Gasteiger partial charge on any atom is -0.452 e. The number of esters is 1. The van der Waals surface area contributed by atoms with E-state index in [2.05, 4.69) is 37.9 Å². The van der Waals surface area contributed by atoms with Gasteiger partial charge in [-0.25, -0.2) is 4.79 Å². The molecule has 1 amide bonds. The lowest BCUT2D eigenvalue weighted by Crippen LogP contribution is -2.45. The fourth-order valence-corrected chi connectivity index (χ4v) is 3.65. The van der Waals surface area contributed by atoms with Crippen molar-refractivity contribution in [3.63, 3.8) is 0 Å². The first-order valence-electron chi connectivity index (χ1n) is 9.77. The number of benzene rings is 1. The van der Waals surface area contributed by atoms with Crippen molar-refractivity contribution in [1.29, 1.82) is 0 Å². The van der Waals surface area contributed by atoms with Gasteiger partial charge in [-0.1, -0.05) is 26.7 Å². The summed E-state index contributed by atoms with van der Waals surface area (Å²) in [5.74, 6) is 0.386. The van der Waals surface area contributed by atoms with Gasteiger partial charge >= 0.3 is 5.97 Å². The molecule has 1 aromatic carbocycles. The Morgan fingerprint density at radius 1 is 1.12 bits per heavy atom. The highest BCUT2D eigenvalue weighted by atomic mass is 16.5. The maximum absolute atomic E-state index is 12.2. The van der Waals surface area contributed by atoms with Crippen LogP contribution >= 0.6 is 0 Å². The van der Waals surface area contributed by atoms with Gasteiger partial charge in [-0.2, -0.15) is 0 Å². The predicted octanol–water partition coefficient (Wildman–Crippen LogP) is 3.63. The molecule has 0 radical (unpaired) electrons. The monoisotopic (exact) mass is 360 g/mol. The molecule has 0 bridgehead atoms. The van der Waals surface area contributed by atoms with Crippen molar-refractivity contribution in [1.82, 2.24) is 5.32 Å². The third-order valence-corrected chi connectivity index (χ3v) is 5.62. The molecule has 0 aromatic heterocycles. The Bertz CT molecular complexity index is 596. The van der Waals surface area contributed by atoms with E-state index in [9.17, 15) is 9.59 Å². The molecule has 0 unspecified atom stereocenters. The molecule has 0 heterocycles. The molecule has 1 aliphatic rings. The normalized spacial score (nSPS) is 22.5. The first-order chi connectivity index (χ1) is 12.5. The van der Waals surface area contributed by atoms with Crippen LogP contribution in [0.2, 0.25) is 0 Å². The van der Waals surface area contributed by atoms with E-state index in [4.69, 9.17) is 4.74 Å². The Morgan fingerprint density at radius 2 is 1.77 bits per heavy atom. The molecule has 26 heavy (non-hydrogen) atoms. The van der Waals surface area contributed by atoms with Gasteiger partial charge in [0.05, 0.1) is 5.56 Å². The summed E-state index contributed by atoms with van der Waals surface area (Å²) in [6.07, 6.45) is 3.35. The number of anilines is 1. The first-order valence-corrected chi connectivity index (χ1v) is 9.77. The maximum atomic E-state index is 12.2. The third kappa shape index (κ3) is 5.23. The highest BCUT2D eigenvalue weighted by Gasteiger charge is 2.28. The molecule has 0 saturated heterocycles. The molecule has 1 aliphatic carbocycles. The molecule has 5 nitrogen and oxygen atoms in total. The van der Waals surface area contributed by atoms with Gasteiger partial charge in [0.25, 0.3) is 5.91 Å². The lowest BCUT2D eigenvalue weighted by Gasteiger charge is -2.34. The van der Waals surface area contributed by atoms with Gasteiger partial charge in [-0.3, -0.25) is 4.79 Å². The highest BCUT2D eigenvalue weighted by Crippen LogP contribution is 2.29. The number of ether oxygens (including phenoxy) is 1. The molecular weight excluding hydrogens is 328 g/mol. The van der Waals surface area contributed by atoms with Crippen LogP contribution in [0.1, 0.15) is 57.3 Å². The largest absolute Gasteiger partial charge is 0.452 e. The second-order valence-corrected chi connectivity index (χ2v) is 7.24. The Kier molecular flexibility index (Phi) is 7.49. The number of hydrogen-bond donors (Lipinski definition) is 1. The number of nitrogens with zero attached hydrogens (tertiary/aromatic N) is 1. The van der Waals surface area contributed by atoms with E-state index in [1.54, 1.807) is 12.1 Å². The van der Waals surface area contributed by atoms with Crippen LogP contribution in [-0.2, 0) is 9.53 Å². The summed E-state index contributed by atoms with van der Waals surface area (Å²) >= 11 is 0. The van der Waals surface area contributed by atoms with E-state index in [0.29, 0.717) is 17.4 Å². The smallest absolute Gasteiger partial charge is 0.338 e. The Morgan fingerprint density at radius 3 is 2.38 bits per heavy atom. The molecule has 1 saturated carbocycles. The number of hydrogen-bond acceptors (Lipinski definition) is 4. The average Bonchev–Trinajstić information content (AvgIpc) is 2.65. The van der Waals surface area contributed by atoms with E-state index < -0.39 is 5.97 Å². The quantitative estimate of drug-likeness (QED) is 0.755. The van der Waals surface area contributed by atoms with Crippen molar-refractivity contribution >= 4 is 17.6 Å². The maximum Gasteiger partial charge on any atom is 0.338 e. The molecule has 3 atom stereocenters.